The highest BCUT2D eigenvalue weighted by Gasteiger charge is 2.40. The van der Waals surface area contributed by atoms with E-state index in [-0.39, 0.29) is 23.4 Å². The van der Waals surface area contributed by atoms with Crippen molar-refractivity contribution in [2.45, 2.75) is 63.0 Å². The van der Waals surface area contributed by atoms with Crippen molar-refractivity contribution >= 4 is 6.03 Å². The summed E-state index contributed by atoms with van der Waals surface area (Å²) in [4.78, 5) is 12.1. The van der Waals surface area contributed by atoms with Crippen LogP contribution in [0.2, 0.25) is 0 Å². The van der Waals surface area contributed by atoms with E-state index < -0.39 is 0 Å². The van der Waals surface area contributed by atoms with E-state index >= 15 is 0 Å². The first-order valence-corrected chi connectivity index (χ1v) is 9.11. The fourth-order valence-electron chi connectivity index (χ4n) is 3.91. The SMILES string of the molecule is O=C(NCCCc1ccc(O)cc1)N[C@H]1CCOC2(CCCC2)C1. The molecular weight excluding hydrogens is 304 g/mol. The molecule has 1 aliphatic carbocycles. The van der Waals surface area contributed by atoms with Crippen molar-refractivity contribution in [3.8, 4) is 5.75 Å². The van der Waals surface area contributed by atoms with Gasteiger partial charge in [-0.25, -0.2) is 4.79 Å². The normalized spacial score (nSPS) is 22.4. The van der Waals surface area contributed by atoms with Gasteiger partial charge in [-0.15, -0.1) is 0 Å². The Labute approximate surface area is 143 Å². The molecule has 1 spiro atoms. The van der Waals surface area contributed by atoms with Gasteiger partial charge < -0.3 is 20.5 Å². The largest absolute Gasteiger partial charge is 0.508 e. The van der Waals surface area contributed by atoms with Gasteiger partial charge in [-0.05, 0) is 56.2 Å². The minimum atomic E-state index is -0.0687. The van der Waals surface area contributed by atoms with Crippen LogP contribution in [0.1, 0.15) is 50.5 Å². The quantitative estimate of drug-likeness (QED) is 0.726. The molecule has 2 fully saturated rings. The molecule has 5 nitrogen and oxygen atoms in total. The first-order chi connectivity index (χ1) is 11.7. The van der Waals surface area contributed by atoms with Crippen LogP contribution in [-0.4, -0.2) is 35.9 Å². The fourth-order valence-corrected chi connectivity index (χ4v) is 3.91. The molecule has 1 aromatic rings. The van der Waals surface area contributed by atoms with Crippen molar-refractivity contribution in [3.63, 3.8) is 0 Å². The van der Waals surface area contributed by atoms with Crippen LogP contribution in [-0.2, 0) is 11.2 Å². The zero-order chi connectivity index (χ0) is 16.8. The Hall–Kier alpha value is -1.75. The molecule has 2 aliphatic rings. The molecule has 1 saturated carbocycles. The number of carbonyl (C=O) groups is 1. The Morgan fingerprint density at radius 2 is 2.00 bits per heavy atom. The Kier molecular flexibility index (Phi) is 5.61. The second-order valence-corrected chi connectivity index (χ2v) is 7.10. The highest BCUT2D eigenvalue weighted by atomic mass is 16.5. The van der Waals surface area contributed by atoms with Crippen LogP contribution in [0.5, 0.6) is 5.75 Å². The van der Waals surface area contributed by atoms with Gasteiger partial charge in [0.1, 0.15) is 5.75 Å². The van der Waals surface area contributed by atoms with Gasteiger partial charge in [0.15, 0.2) is 0 Å². The van der Waals surface area contributed by atoms with Crippen LogP contribution in [0, 0.1) is 0 Å². The Morgan fingerprint density at radius 3 is 2.75 bits per heavy atom. The number of phenols is 1. The van der Waals surface area contributed by atoms with Gasteiger partial charge in [0, 0.05) is 19.2 Å². The maximum absolute atomic E-state index is 12.1. The van der Waals surface area contributed by atoms with Crippen LogP contribution in [0.4, 0.5) is 4.79 Å². The van der Waals surface area contributed by atoms with Crippen molar-refractivity contribution < 1.29 is 14.6 Å². The number of aromatic hydroxyl groups is 1. The molecule has 1 aromatic carbocycles. The predicted octanol–water partition coefficient (Wildman–Crippen LogP) is 3.12. The summed E-state index contributed by atoms with van der Waals surface area (Å²) in [6.07, 6.45) is 8.40. The molecule has 5 heteroatoms. The van der Waals surface area contributed by atoms with Crippen LogP contribution in [0.25, 0.3) is 0 Å². The third kappa shape index (κ3) is 4.63. The number of amides is 2. The average molecular weight is 332 g/mol. The van der Waals surface area contributed by atoms with Gasteiger partial charge in [-0.1, -0.05) is 25.0 Å². The summed E-state index contributed by atoms with van der Waals surface area (Å²) in [7, 11) is 0. The van der Waals surface area contributed by atoms with Crippen molar-refractivity contribution in [1.82, 2.24) is 10.6 Å². The first-order valence-electron chi connectivity index (χ1n) is 9.11. The minimum Gasteiger partial charge on any atom is -0.508 e. The van der Waals surface area contributed by atoms with E-state index in [0.29, 0.717) is 6.54 Å². The summed E-state index contributed by atoms with van der Waals surface area (Å²) in [5.74, 6) is 0.285. The van der Waals surface area contributed by atoms with Crippen molar-refractivity contribution in [2.75, 3.05) is 13.2 Å². The van der Waals surface area contributed by atoms with E-state index in [2.05, 4.69) is 10.6 Å². The zero-order valence-corrected chi connectivity index (χ0v) is 14.2. The lowest BCUT2D eigenvalue weighted by Gasteiger charge is -2.38. The molecule has 2 amide bonds. The highest BCUT2D eigenvalue weighted by Crippen LogP contribution is 2.39. The summed E-state index contributed by atoms with van der Waals surface area (Å²) >= 11 is 0. The maximum Gasteiger partial charge on any atom is 0.315 e. The number of nitrogens with one attached hydrogen (secondary N) is 2. The van der Waals surface area contributed by atoms with Gasteiger partial charge in [0.25, 0.3) is 0 Å². The molecule has 1 aliphatic heterocycles. The number of carbonyl (C=O) groups excluding carboxylic acids is 1. The lowest BCUT2D eigenvalue weighted by Crippen LogP contribution is -2.50. The number of urea groups is 1. The molecule has 24 heavy (non-hydrogen) atoms. The first kappa shape index (κ1) is 17.1. The number of hydrogen-bond donors (Lipinski definition) is 3. The molecule has 3 N–H and O–H groups in total. The second kappa shape index (κ2) is 7.88. The van der Waals surface area contributed by atoms with Crippen molar-refractivity contribution in [3.05, 3.63) is 29.8 Å². The Bertz CT molecular complexity index is 538. The summed E-state index contributed by atoms with van der Waals surface area (Å²) in [6, 6.07) is 7.38. The summed E-state index contributed by atoms with van der Waals surface area (Å²) in [5.41, 5.74) is 1.21. The van der Waals surface area contributed by atoms with Crippen LogP contribution in [0.3, 0.4) is 0 Å². The molecule has 0 radical (unpaired) electrons. The van der Waals surface area contributed by atoms with Crippen molar-refractivity contribution in [2.24, 2.45) is 0 Å². The zero-order valence-electron chi connectivity index (χ0n) is 14.2. The molecule has 1 atom stereocenters. The predicted molar refractivity (Wildman–Crippen MR) is 93.1 cm³/mol. The molecule has 1 heterocycles. The van der Waals surface area contributed by atoms with E-state index in [1.54, 1.807) is 12.1 Å². The lowest BCUT2D eigenvalue weighted by atomic mass is 9.89. The number of hydrogen-bond acceptors (Lipinski definition) is 3. The van der Waals surface area contributed by atoms with Gasteiger partial charge in [0.2, 0.25) is 0 Å². The number of aryl methyl sites for hydroxylation is 1. The third-order valence-electron chi connectivity index (χ3n) is 5.21. The smallest absolute Gasteiger partial charge is 0.315 e. The topological polar surface area (TPSA) is 70.6 Å². The third-order valence-corrected chi connectivity index (χ3v) is 5.21. The van der Waals surface area contributed by atoms with Gasteiger partial charge in [-0.2, -0.15) is 0 Å². The number of benzene rings is 1. The summed E-state index contributed by atoms with van der Waals surface area (Å²) in [6.45, 7) is 1.41. The van der Waals surface area contributed by atoms with E-state index in [1.165, 1.54) is 18.4 Å². The fraction of sp³-hybridized carbons (Fsp3) is 0.632. The van der Waals surface area contributed by atoms with E-state index in [0.717, 1.165) is 45.1 Å². The second-order valence-electron chi connectivity index (χ2n) is 7.10. The molecule has 0 unspecified atom stereocenters. The lowest BCUT2D eigenvalue weighted by molar-refractivity contribution is -0.0820. The molecule has 0 bridgehead atoms. The maximum atomic E-state index is 12.1. The average Bonchev–Trinajstić information content (AvgIpc) is 3.01. The van der Waals surface area contributed by atoms with Crippen LogP contribution >= 0.6 is 0 Å². The standard InChI is InChI=1S/C19H28N2O3/c22-17-7-5-15(6-8-17)4-3-12-20-18(23)21-16-9-13-24-19(14-16)10-1-2-11-19/h5-8,16,22H,1-4,9-14H2,(H2,20,21,23)/t16-/m0/s1. The minimum absolute atomic E-state index is 0.0368. The Morgan fingerprint density at radius 1 is 1.25 bits per heavy atom. The molecule has 0 aromatic heterocycles. The van der Waals surface area contributed by atoms with E-state index in [9.17, 15) is 9.90 Å². The summed E-state index contributed by atoms with van der Waals surface area (Å²) < 4.78 is 6.00. The monoisotopic (exact) mass is 332 g/mol. The molecular formula is C19H28N2O3. The number of ether oxygens (including phenoxy) is 1. The van der Waals surface area contributed by atoms with Gasteiger partial charge >= 0.3 is 6.03 Å². The number of rotatable bonds is 5. The highest BCUT2D eigenvalue weighted by molar-refractivity contribution is 5.74. The van der Waals surface area contributed by atoms with Gasteiger partial charge in [-0.3, -0.25) is 0 Å². The van der Waals surface area contributed by atoms with Gasteiger partial charge in [0.05, 0.1) is 5.60 Å². The van der Waals surface area contributed by atoms with Crippen molar-refractivity contribution in [1.29, 1.82) is 0 Å². The molecule has 3 rings (SSSR count). The van der Waals surface area contributed by atoms with Crippen LogP contribution < -0.4 is 10.6 Å². The van der Waals surface area contributed by atoms with E-state index in [4.69, 9.17) is 4.74 Å². The van der Waals surface area contributed by atoms with Crippen LogP contribution in [0.15, 0.2) is 24.3 Å². The summed E-state index contributed by atoms with van der Waals surface area (Å²) in [5, 5.41) is 15.3. The molecule has 132 valence electrons. The Balaban J connectivity index is 1.34. The van der Waals surface area contributed by atoms with E-state index in [1.807, 2.05) is 12.1 Å². The number of phenolic OH excluding ortho intramolecular Hbond substituents is 1. The molecule has 1 saturated heterocycles.